The van der Waals surface area contributed by atoms with Crippen LogP contribution in [-0.4, -0.2) is 0 Å². The van der Waals surface area contributed by atoms with Crippen molar-refractivity contribution in [1.82, 2.24) is 0 Å². The van der Waals surface area contributed by atoms with Crippen molar-refractivity contribution in [2.24, 2.45) is 0 Å². The summed E-state index contributed by atoms with van der Waals surface area (Å²) in [5, 5.41) is 0. The van der Waals surface area contributed by atoms with Crippen molar-refractivity contribution in [3.63, 3.8) is 0 Å². The first-order valence-corrected chi connectivity index (χ1v) is 4.25. The predicted molar refractivity (Wildman–Crippen MR) is 52.4 cm³/mol. The molecule has 64 valence electrons. The number of rotatable bonds is 4. The van der Waals surface area contributed by atoms with Gasteiger partial charge in [-0.15, -0.1) is 6.08 Å². The van der Waals surface area contributed by atoms with Gasteiger partial charge in [0.15, 0.2) is 0 Å². The Labute approximate surface area is 89.3 Å². The molecule has 0 fully saturated rings. The standard InChI is InChI=1S/C11H19.Li/c1-5-7-11(4)9-6-8-10(2)3;/h7-8H,1,5-6,9H2,2-4H3;/q-1;+1/b11-7+;. The summed E-state index contributed by atoms with van der Waals surface area (Å²) in [7, 11) is 0. The largest absolute Gasteiger partial charge is 1.00 e. The minimum Gasteiger partial charge on any atom is -0.340 e. The molecule has 0 atom stereocenters. The number of hydrogen-bond acceptors (Lipinski definition) is 0. The van der Waals surface area contributed by atoms with Gasteiger partial charge in [0.05, 0.1) is 0 Å². The predicted octanol–water partition coefficient (Wildman–Crippen LogP) is 0.907. The molecule has 0 saturated heterocycles. The summed E-state index contributed by atoms with van der Waals surface area (Å²) < 4.78 is 0. The van der Waals surface area contributed by atoms with Crippen molar-refractivity contribution in [3.8, 4) is 0 Å². The molecular formula is C11H19Li. The Bertz CT molecular complexity index is 150. The third kappa shape index (κ3) is 10.1. The number of hydrogen-bond donors (Lipinski definition) is 0. The van der Waals surface area contributed by atoms with Crippen LogP contribution in [0.1, 0.15) is 40.0 Å². The van der Waals surface area contributed by atoms with Gasteiger partial charge in [-0.05, 0) is 33.6 Å². The molecule has 0 aliphatic heterocycles. The zero-order valence-electron chi connectivity index (χ0n) is 8.98. The molecule has 0 rings (SSSR count). The van der Waals surface area contributed by atoms with E-state index in [1.807, 2.05) is 0 Å². The average Bonchev–Trinajstić information content (AvgIpc) is 1.87. The van der Waals surface area contributed by atoms with Crippen LogP contribution in [0.5, 0.6) is 0 Å². The van der Waals surface area contributed by atoms with Crippen molar-refractivity contribution in [3.05, 3.63) is 30.2 Å². The third-order valence-electron chi connectivity index (χ3n) is 1.58. The molecule has 0 aliphatic carbocycles. The Morgan fingerprint density at radius 3 is 2.17 bits per heavy atom. The number of allylic oxidation sites excluding steroid dienone is 4. The molecule has 0 aromatic rings. The van der Waals surface area contributed by atoms with E-state index in [0.29, 0.717) is 0 Å². The minimum atomic E-state index is 0. The maximum absolute atomic E-state index is 3.78. The second-order valence-electron chi connectivity index (χ2n) is 3.16. The molecule has 1 heteroatoms. The molecule has 0 heterocycles. The molecule has 0 aromatic carbocycles. The van der Waals surface area contributed by atoms with E-state index >= 15 is 0 Å². The van der Waals surface area contributed by atoms with Gasteiger partial charge in [-0.2, -0.15) is 6.42 Å². The van der Waals surface area contributed by atoms with E-state index in [9.17, 15) is 0 Å². The quantitative estimate of drug-likeness (QED) is 0.324. The minimum absolute atomic E-state index is 0. The Balaban J connectivity index is 0. The van der Waals surface area contributed by atoms with Gasteiger partial charge in [-0.25, -0.2) is 0 Å². The summed E-state index contributed by atoms with van der Waals surface area (Å²) in [5.41, 5.74) is 2.87. The fourth-order valence-electron chi connectivity index (χ4n) is 0.937. The van der Waals surface area contributed by atoms with Gasteiger partial charge in [0, 0.05) is 0 Å². The molecule has 0 aliphatic rings. The zero-order valence-corrected chi connectivity index (χ0v) is 8.98. The van der Waals surface area contributed by atoms with Gasteiger partial charge in [0.1, 0.15) is 0 Å². The van der Waals surface area contributed by atoms with E-state index in [2.05, 4.69) is 39.8 Å². The fraction of sp³-hybridized carbons (Fsp3) is 0.545. The smallest absolute Gasteiger partial charge is 0.340 e. The van der Waals surface area contributed by atoms with Gasteiger partial charge in [-0.1, -0.05) is 17.2 Å². The molecule has 0 unspecified atom stereocenters. The SMILES string of the molecule is [CH2-]C/C=C(\C)CCC=C(C)C.[Li+]. The van der Waals surface area contributed by atoms with Crippen LogP contribution in [0.4, 0.5) is 0 Å². The Hall–Kier alpha value is 0.0774. The van der Waals surface area contributed by atoms with Crippen molar-refractivity contribution < 1.29 is 18.9 Å². The monoisotopic (exact) mass is 158 g/mol. The Morgan fingerprint density at radius 1 is 1.17 bits per heavy atom. The Kier molecular flexibility index (Phi) is 11.1. The van der Waals surface area contributed by atoms with Crippen molar-refractivity contribution >= 4 is 0 Å². The van der Waals surface area contributed by atoms with Gasteiger partial charge in [0.2, 0.25) is 0 Å². The van der Waals surface area contributed by atoms with Crippen molar-refractivity contribution in [2.75, 3.05) is 0 Å². The molecule has 0 radical (unpaired) electrons. The Morgan fingerprint density at radius 2 is 1.75 bits per heavy atom. The maximum Gasteiger partial charge on any atom is 1.00 e. The summed E-state index contributed by atoms with van der Waals surface area (Å²) in [6.45, 7) is 10.2. The zero-order chi connectivity index (χ0) is 8.69. The molecule has 12 heavy (non-hydrogen) atoms. The third-order valence-corrected chi connectivity index (χ3v) is 1.58. The first-order valence-electron chi connectivity index (χ1n) is 4.25. The van der Waals surface area contributed by atoms with E-state index < -0.39 is 0 Å². The molecule has 0 bridgehead atoms. The molecule has 0 aromatic heterocycles. The summed E-state index contributed by atoms with van der Waals surface area (Å²) in [4.78, 5) is 0. The van der Waals surface area contributed by atoms with E-state index in [0.717, 1.165) is 6.42 Å². The van der Waals surface area contributed by atoms with E-state index in [1.165, 1.54) is 24.0 Å². The van der Waals surface area contributed by atoms with Gasteiger partial charge < -0.3 is 6.92 Å². The summed E-state index contributed by atoms with van der Waals surface area (Å²) in [6, 6.07) is 0. The summed E-state index contributed by atoms with van der Waals surface area (Å²) >= 11 is 0. The second-order valence-corrected chi connectivity index (χ2v) is 3.16. The van der Waals surface area contributed by atoms with Crippen molar-refractivity contribution in [1.29, 1.82) is 0 Å². The summed E-state index contributed by atoms with van der Waals surface area (Å²) in [6.07, 6.45) is 7.74. The van der Waals surface area contributed by atoms with Gasteiger partial charge >= 0.3 is 18.9 Å². The van der Waals surface area contributed by atoms with Crippen LogP contribution in [0.15, 0.2) is 23.3 Å². The molecule has 0 saturated carbocycles. The first-order chi connectivity index (χ1) is 5.16. The average molecular weight is 158 g/mol. The van der Waals surface area contributed by atoms with Crippen LogP contribution in [0.2, 0.25) is 0 Å². The van der Waals surface area contributed by atoms with E-state index in [-0.39, 0.29) is 18.9 Å². The van der Waals surface area contributed by atoms with E-state index in [4.69, 9.17) is 0 Å². The van der Waals surface area contributed by atoms with Crippen LogP contribution in [0, 0.1) is 6.92 Å². The van der Waals surface area contributed by atoms with Crippen LogP contribution in [-0.2, 0) is 0 Å². The van der Waals surface area contributed by atoms with Crippen molar-refractivity contribution in [2.45, 2.75) is 40.0 Å². The topological polar surface area (TPSA) is 0 Å². The van der Waals surface area contributed by atoms with Gasteiger partial charge in [-0.3, -0.25) is 0 Å². The molecule has 0 nitrogen and oxygen atoms in total. The van der Waals surface area contributed by atoms with Crippen LogP contribution in [0.3, 0.4) is 0 Å². The molecule has 0 amide bonds. The molecular weight excluding hydrogens is 139 g/mol. The van der Waals surface area contributed by atoms with Crippen LogP contribution >= 0.6 is 0 Å². The normalized spacial score (nSPS) is 10.5. The first kappa shape index (κ1) is 14.6. The van der Waals surface area contributed by atoms with Crippen LogP contribution < -0.4 is 18.9 Å². The van der Waals surface area contributed by atoms with E-state index in [1.54, 1.807) is 0 Å². The second kappa shape index (κ2) is 9.17. The van der Waals surface area contributed by atoms with Gasteiger partial charge in [0.25, 0.3) is 0 Å². The maximum atomic E-state index is 3.78. The molecule has 0 N–H and O–H groups in total. The van der Waals surface area contributed by atoms with Crippen LogP contribution in [0.25, 0.3) is 0 Å². The fourth-order valence-corrected chi connectivity index (χ4v) is 0.937. The summed E-state index contributed by atoms with van der Waals surface area (Å²) in [5.74, 6) is 0. The molecule has 0 spiro atoms.